The summed E-state index contributed by atoms with van der Waals surface area (Å²) in [6.45, 7) is 1.38. The first-order chi connectivity index (χ1) is 15.9. The molecule has 1 saturated heterocycles. The van der Waals surface area contributed by atoms with Crippen LogP contribution < -0.4 is 15.5 Å². The Kier molecular flexibility index (Phi) is 7.08. The fraction of sp³-hybridized carbons (Fsp3) is 0.417. The zero-order chi connectivity index (χ0) is 23.4. The number of thiophene rings is 1. The number of nitrogens with zero attached hydrogens (tertiary/aromatic N) is 1. The van der Waals surface area contributed by atoms with E-state index >= 15 is 0 Å². The van der Waals surface area contributed by atoms with E-state index in [9.17, 15) is 19.2 Å². The van der Waals surface area contributed by atoms with Gasteiger partial charge in [-0.05, 0) is 43.3 Å². The molecule has 1 saturated carbocycles. The van der Waals surface area contributed by atoms with Crippen LogP contribution in [0.3, 0.4) is 0 Å². The van der Waals surface area contributed by atoms with Crippen LogP contribution in [0.4, 0.5) is 10.5 Å². The summed E-state index contributed by atoms with van der Waals surface area (Å²) in [4.78, 5) is 52.4. The van der Waals surface area contributed by atoms with E-state index in [0.717, 1.165) is 36.1 Å². The van der Waals surface area contributed by atoms with Crippen molar-refractivity contribution < 1.29 is 23.9 Å². The molecule has 2 fully saturated rings. The maximum absolute atomic E-state index is 12.9. The van der Waals surface area contributed by atoms with E-state index in [4.69, 9.17) is 4.74 Å². The van der Waals surface area contributed by atoms with Crippen molar-refractivity contribution in [2.24, 2.45) is 5.92 Å². The number of imide groups is 1. The van der Waals surface area contributed by atoms with Crippen LogP contribution in [-0.4, -0.2) is 36.5 Å². The van der Waals surface area contributed by atoms with Crippen molar-refractivity contribution in [3.63, 3.8) is 0 Å². The van der Waals surface area contributed by atoms with E-state index in [1.165, 1.54) is 11.3 Å². The van der Waals surface area contributed by atoms with Gasteiger partial charge in [0.25, 0.3) is 5.91 Å². The van der Waals surface area contributed by atoms with Crippen LogP contribution >= 0.6 is 11.3 Å². The van der Waals surface area contributed by atoms with Crippen molar-refractivity contribution in [2.45, 2.75) is 51.1 Å². The highest BCUT2D eigenvalue weighted by atomic mass is 32.1. The van der Waals surface area contributed by atoms with Crippen LogP contribution in [-0.2, 0) is 19.1 Å². The molecule has 2 atom stereocenters. The number of hydrogen-bond acceptors (Lipinski definition) is 6. The first kappa shape index (κ1) is 23.0. The highest BCUT2D eigenvalue weighted by Crippen LogP contribution is 2.43. The monoisotopic (exact) mass is 469 g/mol. The average Bonchev–Trinajstić information content (AvgIpc) is 3.54. The Morgan fingerprint density at radius 1 is 1.12 bits per heavy atom. The number of anilines is 1. The highest BCUT2D eigenvalue weighted by Gasteiger charge is 2.46. The van der Waals surface area contributed by atoms with Gasteiger partial charge in [0, 0.05) is 23.0 Å². The van der Waals surface area contributed by atoms with Gasteiger partial charge in [-0.25, -0.2) is 4.79 Å². The van der Waals surface area contributed by atoms with Gasteiger partial charge in [0.2, 0.25) is 5.91 Å². The summed E-state index contributed by atoms with van der Waals surface area (Å²) in [5.74, 6) is -2.27. The zero-order valence-electron chi connectivity index (χ0n) is 18.4. The lowest BCUT2D eigenvalue weighted by molar-refractivity contribution is -0.152. The molecule has 0 bridgehead atoms. The van der Waals surface area contributed by atoms with E-state index in [1.807, 2.05) is 48.7 Å². The fourth-order valence-electron chi connectivity index (χ4n) is 4.44. The number of hydrogen-bond donors (Lipinski definition) is 2. The molecule has 4 rings (SSSR count). The minimum absolute atomic E-state index is 0.0148. The second-order valence-electron chi connectivity index (χ2n) is 8.48. The molecule has 174 valence electrons. The largest absolute Gasteiger partial charge is 0.455 e. The molecule has 2 aliphatic rings. The molecular weight excluding hydrogens is 442 g/mol. The molecule has 33 heavy (non-hydrogen) atoms. The van der Waals surface area contributed by atoms with E-state index < -0.39 is 36.5 Å². The van der Waals surface area contributed by atoms with Crippen LogP contribution in [0.2, 0.25) is 0 Å². The normalized spacial score (nSPS) is 20.6. The Balaban J connectivity index is 1.40. The van der Waals surface area contributed by atoms with Gasteiger partial charge < -0.3 is 15.0 Å². The Morgan fingerprint density at radius 2 is 1.85 bits per heavy atom. The molecule has 4 amide bonds. The van der Waals surface area contributed by atoms with Crippen LogP contribution in [0.15, 0.2) is 41.8 Å². The topological polar surface area (TPSA) is 105 Å². The lowest BCUT2D eigenvalue weighted by Gasteiger charge is -2.27. The van der Waals surface area contributed by atoms with Gasteiger partial charge >= 0.3 is 12.0 Å². The van der Waals surface area contributed by atoms with Crippen LogP contribution in [0.25, 0.3) is 0 Å². The predicted molar refractivity (Wildman–Crippen MR) is 124 cm³/mol. The van der Waals surface area contributed by atoms with Gasteiger partial charge in [0.1, 0.15) is 0 Å². The number of carbonyl (C=O) groups is 4. The number of nitrogens with one attached hydrogen (secondary N) is 2. The molecule has 8 nitrogen and oxygen atoms in total. The summed E-state index contributed by atoms with van der Waals surface area (Å²) < 4.78 is 5.23. The standard InChI is InChI=1S/C24H27N3O5S/c1-15-8-10-17(11-9-15)27-21(29)13-18(22(27)19-7-4-12-33-19)23(30)32-14-20(28)26-24(31)25-16-5-2-3-6-16/h4,7-12,16,18,22H,2-3,5-6,13-14H2,1H3,(H2,25,26,28,31)/t18-,22-/m1/s1. The number of benzene rings is 1. The van der Waals surface area contributed by atoms with Gasteiger partial charge in [-0.15, -0.1) is 11.3 Å². The summed E-state index contributed by atoms with van der Waals surface area (Å²) >= 11 is 1.46. The summed E-state index contributed by atoms with van der Waals surface area (Å²) in [6.07, 6.45) is 3.89. The molecule has 2 N–H and O–H groups in total. The van der Waals surface area contributed by atoms with Crippen LogP contribution in [0, 0.1) is 12.8 Å². The number of rotatable bonds is 6. The lowest BCUT2D eigenvalue weighted by Crippen LogP contribution is -2.45. The second-order valence-corrected chi connectivity index (χ2v) is 9.46. The third-order valence-electron chi connectivity index (χ3n) is 6.06. The quantitative estimate of drug-likeness (QED) is 0.631. The number of ether oxygens (including phenoxy) is 1. The highest BCUT2D eigenvalue weighted by molar-refractivity contribution is 7.10. The molecule has 1 aliphatic heterocycles. The average molecular weight is 470 g/mol. The number of carbonyl (C=O) groups excluding carboxylic acids is 4. The smallest absolute Gasteiger partial charge is 0.321 e. The summed E-state index contributed by atoms with van der Waals surface area (Å²) in [7, 11) is 0. The van der Waals surface area contributed by atoms with Crippen LogP contribution in [0.1, 0.15) is 48.6 Å². The Morgan fingerprint density at radius 3 is 2.52 bits per heavy atom. The van der Waals surface area contributed by atoms with E-state index in [-0.39, 0.29) is 18.4 Å². The van der Waals surface area contributed by atoms with Gasteiger partial charge in [-0.2, -0.15) is 0 Å². The maximum atomic E-state index is 12.9. The van der Waals surface area contributed by atoms with Crippen molar-refractivity contribution in [3.8, 4) is 0 Å². The molecule has 1 aromatic carbocycles. The lowest BCUT2D eigenvalue weighted by atomic mass is 9.99. The first-order valence-electron chi connectivity index (χ1n) is 11.1. The fourth-order valence-corrected chi connectivity index (χ4v) is 5.32. The minimum atomic E-state index is -0.752. The number of esters is 1. The van der Waals surface area contributed by atoms with Crippen molar-refractivity contribution in [2.75, 3.05) is 11.5 Å². The summed E-state index contributed by atoms with van der Waals surface area (Å²) in [5, 5.41) is 6.84. The molecular formula is C24H27N3O5S. The van der Waals surface area contributed by atoms with Crippen LogP contribution in [0.5, 0.6) is 0 Å². The SMILES string of the molecule is Cc1ccc(N2C(=O)C[C@@H](C(=O)OCC(=O)NC(=O)NC3CCCC3)[C@@H]2c2cccs2)cc1. The van der Waals surface area contributed by atoms with E-state index in [1.54, 1.807) is 4.90 Å². The maximum Gasteiger partial charge on any atom is 0.321 e. The molecule has 2 aromatic rings. The van der Waals surface area contributed by atoms with Gasteiger partial charge in [0.05, 0.1) is 12.0 Å². The Hall–Kier alpha value is -3.20. The minimum Gasteiger partial charge on any atom is -0.455 e. The van der Waals surface area contributed by atoms with Crippen molar-refractivity contribution in [3.05, 3.63) is 52.2 Å². The Labute approximate surface area is 196 Å². The van der Waals surface area contributed by atoms with E-state index in [0.29, 0.717) is 5.69 Å². The van der Waals surface area contributed by atoms with Gasteiger partial charge in [0.15, 0.2) is 6.61 Å². The van der Waals surface area contributed by atoms with E-state index in [2.05, 4.69) is 10.6 Å². The summed E-state index contributed by atoms with van der Waals surface area (Å²) in [5.41, 5.74) is 1.78. The van der Waals surface area contributed by atoms with Gasteiger partial charge in [-0.3, -0.25) is 19.7 Å². The van der Waals surface area contributed by atoms with Crippen molar-refractivity contribution >= 4 is 40.8 Å². The predicted octanol–water partition coefficient (Wildman–Crippen LogP) is 3.46. The molecule has 1 aliphatic carbocycles. The van der Waals surface area contributed by atoms with Crippen molar-refractivity contribution in [1.82, 2.24) is 10.6 Å². The second kappa shape index (κ2) is 10.2. The zero-order valence-corrected chi connectivity index (χ0v) is 19.2. The summed E-state index contributed by atoms with van der Waals surface area (Å²) in [6, 6.07) is 10.3. The third-order valence-corrected chi connectivity index (χ3v) is 7.00. The number of aryl methyl sites for hydroxylation is 1. The Bertz CT molecular complexity index is 1020. The molecule has 0 radical (unpaired) electrons. The van der Waals surface area contributed by atoms with Gasteiger partial charge in [-0.1, -0.05) is 36.6 Å². The number of amides is 4. The number of urea groups is 1. The molecule has 1 aromatic heterocycles. The van der Waals surface area contributed by atoms with Crippen molar-refractivity contribution in [1.29, 1.82) is 0 Å². The molecule has 0 unspecified atom stereocenters. The molecule has 2 heterocycles. The third kappa shape index (κ3) is 5.42. The molecule has 9 heteroatoms. The molecule has 0 spiro atoms. The first-order valence-corrected chi connectivity index (χ1v) is 12.0.